The normalized spacial score (nSPS) is 14.9. The van der Waals surface area contributed by atoms with Crippen molar-refractivity contribution in [2.24, 2.45) is 5.73 Å². The summed E-state index contributed by atoms with van der Waals surface area (Å²) in [4.78, 5) is 11.0. The second kappa shape index (κ2) is 4.00. The Kier molecular flexibility index (Phi) is 2.54. The van der Waals surface area contributed by atoms with Gasteiger partial charge in [0.25, 0.3) is 0 Å². The van der Waals surface area contributed by atoms with Crippen LogP contribution in [0, 0.1) is 0 Å². The first-order valence-corrected chi connectivity index (χ1v) is 4.77. The molecule has 3 N–H and O–H groups in total. The van der Waals surface area contributed by atoms with E-state index >= 15 is 0 Å². The Hall–Kier alpha value is -2.03. The van der Waals surface area contributed by atoms with Gasteiger partial charge in [0.1, 0.15) is 0 Å². The minimum Gasteiger partial charge on any atom is -0.367 e. The number of nitrogens with two attached hydrogens (primary N) is 1. The van der Waals surface area contributed by atoms with Crippen LogP contribution in [0.1, 0.15) is 12.0 Å². The molecule has 0 unspecified atom stereocenters. The van der Waals surface area contributed by atoms with E-state index in [-0.39, 0.29) is 5.91 Å². The van der Waals surface area contributed by atoms with Crippen molar-refractivity contribution in [3.05, 3.63) is 53.9 Å². The van der Waals surface area contributed by atoms with Crippen molar-refractivity contribution in [3.63, 3.8) is 0 Å². The maximum atomic E-state index is 11.0. The van der Waals surface area contributed by atoms with E-state index in [9.17, 15) is 4.79 Å². The summed E-state index contributed by atoms with van der Waals surface area (Å²) in [5.41, 5.74) is 8.02. The van der Waals surface area contributed by atoms with Crippen LogP contribution in [0.2, 0.25) is 0 Å². The zero-order valence-corrected chi connectivity index (χ0v) is 8.23. The lowest BCUT2D eigenvalue weighted by Gasteiger charge is -2.13. The fourth-order valence-electron chi connectivity index (χ4n) is 1.55. The number of dihydropyridines is 1. The monoisotopic (exact) mass is 200 g/mol. The zero-order valence-electron chi connectivity index (χ0n) is 8.23. The number of primary amides is 1. The third-order valence-electron chi connectivity index (χ3n) is 2.36. The minimum atomic E-state index is -0.371. The van der Waals surface area contributed by atoms with Gasteiger partial charge >= 0.3 is 0 Å². The molecule has 0 radical (unpaired) electrons. The Morgan fingerprint density at radius 1 is 1.20 bits per heavy atom. The van der Waals surface area contributed by atoms with Gasteiger partial charge in [0, 0.05) is 24.4 Å². The second-order valence-electron chi connectivity index (χ2n) is 3.41. The highest BCUT2D eigenvalue weighted by molar-refractivity contribution is 5.95. The number of benzene rings is 1. The molecule has 0 bridgehead atoms. The lowest BCUT2D eigenvalue weighted by molar-refractivity contribution is -0.114. The molecule has 1 aliphatic rings. The van der Waals surface area contributed by atoms with Gasteiger partial charge < -0.3 is 11.1 Å². The highest BCUT2D eigenvalue weighted by Gasteiger charge is 2.12. The molecule has 3 nitrogen and oxygen atoms in total. The fourth-order valence-corrected chi connectivity index (χ4v) is 1.55. The van der Waals surface area contributed by atoms with Gasteiger partial charge in [0.2, 0.25) is 5.91 Å². The molecule has 0 saturated carbocycles. The molecule has 0 aliphatic carbocycles. The summed E-state index contributed by atoms with van der Waals surface area (Å²) in [5, 5.41) is 2.94. The van der Waals surface area contributed by atoms with E-state index in [0.29, 0.717) is 12.0 Å². The molecule has 1 amide bonds. The van der Waals surface area contributed by atoms with Crippen molar-refractivity contribution in [3.8, 4) is 0 Å². The molecule has 1 aromatic rings. The van der Waals surface area contributed by atoms with Crippen molar-refractivity contribution in [2.75, 3.05) is 0 Å². The SMILES string of the molecule is NC(=O)C1=CNC=C(c2ccccc2)C1. The van der Waals surface area contributed by atoms with Gasteiger partial charge in [0.05, 0.1) is 0 Å². The van der Waals surface area contributed by atoms with Crippen LogP contribution in [0.5, 0.6) is 0 Å². The topological polar surface area (TPSA) is 55.1 Å². The van der Waals surface area contributed by atoms with Crippen LogP contribution in [0.25, 0.3) is 5.57 Å². The van der Waals surface area contributed by atoms with Crippen LogP contribution in [-0.4, -0.2) is 5.91 Å². The van der Waals surface area contributed by atoms with Gasteiger partial charge in [-0.25, -0.2) is 0 Å². The highest BCUT2D eigenvalue weighted by Crippen LogP contribution is 2.23. The van der Waals surface area contributed by atoms with Crippen molar-refractivity contribution < 1.29 is 4.79 Å². The van der Waals surface area contributed by atoms with Crippen LogP contribution < -0.4 is 11.1 Å². The van der Waals surface area contributed by atoms with Crippen LogP contribution in [-0.2, 0) is 4.79 Å². The number of hydrogen-bond acceptors (Lipinski definition) is 2. The van der Waals surface area contributed by atoms with Gasteiger partial charge in [-0.1, -0.05) is 30.3 Å². The molecule has 1 aliphatic heterocycles. The number of hydrogen-bond donors (Lipinski definition) is 2. The number of carbonyl (C=O) groups excluding carboxylic acids is 1. The largest absolute Gasteiger partial charge is 0.367 e. The number of amides is 1. The molecule has 15 heavy (non-hydrogen) atoms. The summed E-state index contributed by atoms with van der Waals surface area (Å²) in [6.07, 6.45) is 4.13. The zero-order chi connectivity index (χ0) is 10.7. The molecule has 1 aromatic carbocycles. The Morgan fingerprint density at radius 2 is 1.93 bits per heavy atom. The van der Waals surface area contributed by atoms with Crippen LogP contribution >= 0.6 is 0 Å². The Bertz CT molecular complexity index is 432. The third-order valence-corrected chi connectivity index (χ3v) is 2.36. The molecule has 0 spiro atoms. The van der Waals surface area contributed by atoms with E-state index in [1.807, 2.05) is 36.5 Å². The molecule has 1 heterocycles. The van der Waals surface area contributed by atoms with Gasteiger partial charge in [-0.05, 0) is 11.1 Å². The van der Waals surface area contributed by atoms with Gasteiger partial charge in [-0.15, -0.1) is 0 Å². The third kappa shape index (κ3) is 2.07. The minimum absolute atomic E-state index is 0.371. The van der Waals surface area contributed by atoms with E-state index in [4.69, 9.17) is 5.73 Å². The van der Waals surface area contributed by atoms with Crippen LogP contribution in [0.3, 0.4) is 0 Å². The average Bonchev–Trinajstić information content (AvgIpc) is 2.30. The van der Waals surface area contributed by atoms with Crippen molar-refractivity contribution in [1.29, 1.82) is 0 Å². The maximum Gasteiger partial charge on any atom is 0.246 e. The van der Waals surface area contributed by atoms with Crippen molar-refractivity contribution in [2.45, 2.75) is 6.42 Å². The molecule has 0 saturated heterocycles. The Labute approximate surface area is 88.3 Å². The maximum absolute atomic E-state index is 11.0. The second-order valence-corrected chi connectivity index (χ2v) is 3.41. The lowest BCUT2D eigenvalue weighted by atomic mass is 9.97. The molecular weight excluding hydrogens is 188 g/mol. The highest BCUT2D eigenvalue weighted by atomic mass is 16.1. The summed E-state index contributed by atoms with van der Waals surface area (Å²) in [7, 11) is 0. The predicted molar refractivity (Wildman–Crippen MR) is 59.4 cm³/mol. The molecule has 0 atom stereocenters. The molecule has 0 aromatic heterocycles. The number of allylic oxidation sites excluding steroid dienone is 1. The first-order chi connectivity index (χ1) is 7.27. The van der Waals surface area contributed by atoms with E-state index in [1.54, 1.807) is 6.20 Å². The summed E-state index contributed by atoms with van der Waals surface area (Å²) < 4.78 is 0. The molecule has 0 fully saturated rings. The summed E-state index contributed by atoms with van der Waals surface area (Å²) >= 11 is 0. The molecular formula is C12H12N2O. The Morgan fingerprint density at radius 3 is 2.60 bits per heavy atom. The van der Waals surface area contributed by atoms with E-state index in [0.717, 1.165) is 11.1 Å². The standard InChI is InChI=1S/C12H12N2O/c13-12(15)11-6-10(7-14-8-11)9-4-2-1-3-5-9/h1-5,7-8,14H,6H2,(H2,13,15). The number of nitrogens with one attached hydrogen (secondary N) is 1. The van der Waals surface area contributed by atoms with Gasteiger partial charge in [-0.3, -0.25) is 4.79 Å². The number of carbonyl (C=O) groups is 1. The lowest BCUT2D eigenvalue weighted by Crippen LogP contribution is -2.19. The first kappa shape index (κ1) is 9.52. The smallest absolute Gasteiger partial charge is 0.246 e. The first-order valence-electron chi connectivity index (χ1n) is 4.77. The molecule has 3 heteroatoms. The quantitative estimate of drug-likeness (QED) is 0.758. The van der Waals surface area contributed by atoms with E-state index < -0.39 is 0 Å². The fraction of sp³-hybridized carbons (Fsp3) is 0.0833. The van der Waals surface area contributed by atoms with Crippen LogP contribution in [0.4, 0.5) is 0 Å². The van der Waals surface area contributed by atoms with Gasteiger partial charge in [-0.2, -0.15) is 0 Å². The summed E-state index contributed by atoms with van der Waals surface area (Å²) in [5.74, 6) is -0.371. The van der Waals surface area contributed by atoms with E-state index in [2.05, 4.69) is 5.32 Å². The summed E-state index contributed by atoms with van der Waals surface area (Å²) in [6, 6.07) is 9.93. The van der Waals surface area contributed by atoms with E-state index in [1.165, 1.54) is 0 Å². The predicted octanol–water partition coefficient (Wildman–Crippen LogP) is 1.39. The molecule has 2 rings (SSSR count). The van der Waals surface area contributed by atoms with Gasteiger partial charge in [0.15, 0.2) is 0 Å². The van der Waals surface area contributed by atoms with Crippen molar-refractivity contribution >= 4 is 11.5 Å². The van der Waals surface area contributed by atoms with Crippen molar-refractivity contribution in [1.82, 2.24) is 5.32 Å². The van der Waals surface area contributed by atoms with Crippen LogP contribution in [0.15, 0.2) is 48.3 Å². The average molecular weight is 200 g/mol. The molecule has 76 valence electrons. The number of rotatable bonds is 2. The summed E-state index contributed by atoms with van der Waals surface area (Å²) in [6.45, 7) is 0. The Balaban J connectivity index is 2.21.